The van der Waals surface area contributed by atoms with Gasteiger partial charge in [-0.1, -0.05) is 29.8 Å². The molecule has 0 unspecified atom stereocenters. The standard InChI is InChI=1S/C24H29N3O2/c1-18-6-5-7-19(16-18)17-25-22(28)24(12-13-24)23(29)26-20-8-10-21(11-9-20)27-14-3-2-4-15-27/h5-11,16H,2-4,12-15,17H2,1H3,(H,25,28)(H,26,29). The van der Waals surface area contributed by atoms with Crippen molar-refractivity contribution in [3.05, 3.63) is 59.7 Å². The van der Waals surface area contributed by atoms with Gasteiger partial charge in [0.25, 0.3) is 0 Å². The lowest BCUT2D eigenvalue weighted by molar-refractivity contribution is -0.134. The molecule has 5 heteroatoms. The molecule has 1 saturated heterocycles. The Morgan fingerprint density at radius 2 is 1.69 bits per heavy atom. The second-order valence-corrected chi connectivity index (χ2v) is 8.30. The van der Waals surface area contributed by atoms with E-state index in [1.165, 1.54) is 24.9 Å². The number of anilines is 2. The van der Waals surface area contributed by atoms with Crippen LogP contribution in [-0.2, 0) is 16.1 Å². The maximum absolute atomic E-state index is 12.8. The van der Waals surface area contributed by atoms with Crippen LogP contribution >= 0.6 is 0 Å². The molecule has 0 spiro atoms. The van der Waals surface area contributed by atoms with E-state index in [4.69, 9.17) is 0 Å². The number of hydrogen-bond acceptors (Lipinski definition) is 3. The normalized spacial score (nSPS) is 17.5. The number of amides is 2. The van der Waals surface area contributed by atoms with Crippen molar-refractivity contribution in [1.29, 1.82) is 0 Å². The average molecular weight is 392 g/mol. The smallest absolute Gasteiger partial charge is 0.240 e. The molecule has 0 radical (unpaired) electrons. The lowest BCUT2D eigenvalue weighted by Crippen LogP contribution is -2.39. The quantitative estimate of drug-likeness (QED) is 0.731. The molecule has 2 amide bonds. The Bertz CT molecular complexity index is 881. The minimum atomic E-state index is -0.921. The van der Waals surface area contributed by atoms with Crippen LogP contribution in [-0.4, -0.2) is 24.9 Å². The van der Waals surface area contributed by atoms with Gasteiger partial charge in [-0.25, -0.2) is 0 Å². The van der Waals surface area contributed by atoms with Gasteiger partial charge in [-0.05, 0) is 68.9 Å². The van der Waals surface area contributed by atoms with Gasteiger partial charge in [0.2, 0.25) is 11.8 Å². The highest BCUT2D eigenvalue weighted by Gasteiger charge is 2.56. The highest BCUT2D eigenvalue weighted by atomic mass is 16.2. The third-order valence-corrected chi connectivity index (χ3v) is 6.00. The van der Waals surface area contributed by atoms with Gasteiger partial charge in [-0.2, -0.15) is 0 Å². The van der Waals surface area contributed by atoms with Gasteiger partial charge >= 0.3 is 0 Å². The fourth-order valence-corrected chi connectivity index (χ4v) is 4.01. The van der Waals surface area contributed by atoms with Crippen molar-refractivity contribution in [2.75, 3.05) is 23.3 Å². The number of rotatable bonds is 6. The number of nitrogens with zero attached hydrogens (tertiary/aromatic N) is 1. The summed E-state index contributed by atoms with van der Waals surface area (Å²) in [7, 11) is 0. The summed E-state index contributed by atoms with van der Waals surface area (Å²) in [4.78, 5) is 27.9. The fraction of sp³-hybridized carbons (Fsp3) is 0.417. The zero-order chi connectivity index (χ0) is 20.3. The minimum absolute atomic E-state index is 0.179. The van der Waals surface area contributed by atoms with Gasteiger partial charge in [0, 0.05) is 31.0 Å². The molecule has 2 fully saturated rings. The number of carbonyl (C=O) groups excluding carboxylic acids is 2. The van der Waals surface area contributed by atoms with Crippen LogP contribution in [0.3, 0.4) is 0 Å². The van der Waals surface area contributed by atoms with Crippen LogP contribution in [0.2, 0.25) is 0 Å². The molecule has 1 heterocycles. The lowest BCUT2D eigenvalue weighted by Gasteiger charge is -2.28. The molecule has 2 aromatic carbocycles. The Balaban J connectivity index is 1.34. The summed E-state index contributed by atoms with van der Waals surface area (Å²) >= 11 is 0. The van der Waals surface area contributed by atoms with Gasteiger partial charge in [-0.15, -0.1) is 0 Å². The first-order valence-electron chi connectivity index (χ1n) is 10.6. The van der Waals surface area contributed by atoms with Gasteiger partial charge < -0.3 is 15.5 Å². The third-order valence-electron chi connectivity index (χ3n) is 6.00. The molecule has 1 aliphatic heterocycles. The molecule has 2 aliphatic rings. The fourth-order valence-electron chi connectivity index (χ4n) is 4.01. The third kappa shape index (κ3) is 4.44. The number of benzene rings is 2. The highest BCUT2D eigenvalue weighted by Crippen LogP contribution is 2.47. The van der Waals surface area contributed by atoms with E-state index in [1.807, 2.05) is 43.3 Å². The van der Waals surface area contributed by atoms with Crippen molar-refractivity contribution in [2.45, 2.75) is 45.6 Å². The Morgan fingerprint density at radius 1 is 0.966 bits per heavy atom. The Morgan fingerprint density at radius 3 is 2.34 bits per heavy atom. The van der Waals surface area contributed by atoms with E-state index < -0.39 is 5.41 Å². The number of carbonyl (C=O) groups is 2. The van der Waals surface area contributed by atoms with E-state index in [-0.39, 0.29) is 11.8 Å². The largest absolute Gasteiger partial charge is 0.372 e. The first-order chi connectivity index (χ1) is 14.1. The van der Waals surface area contributed by atoms with Crippen molar-refractivity contribution in [1.82, 2.24) is 5.32 Å². The lowest BCUT2D eigenvalue weighted by atomic mass is 10.0. The van der Waals surface area contributed by atoms with E-state index in [0.29, 0.717) is 19.4 Å². The molecule has 0 atom stereocenters. The summed E-state index contributed by atoms with van der Waals surface area (Å²) in [5, 5.41) is 5.89. The average Bonchev–Trinajstić information content (AvgIpc) is 3.56. The molecule has 0 aromatic heterocycles. The SMILES string of the molecule is Cc1cccc(CNC(=O)C2(C(=O)Nc3ccc(N4CCCCC4)cc3)CC2)c1. The summed E-state index contributed by atoms with van der Waals surface area (Å²) in [6.07, 6.45) is 4.98. The monoisotopic (exact) mass is 391 g/mol. The molecular weight excluding hydrogens is 362 g/mol. The van der Waals surface area contributed by atoms with E-state index in [1.54, 1.807) is 0 Å². The van der Waals surface area contributed by atoms with Crippen molar-refractivity contribution < 1.29 is 9.59 Å². The Labute approximate surface area is 172 Å². The zero-order valence-electron chi connectivity index (χ0n) is 17.0. The van der Waals surface area contributed by atoms with E-state index in [2.05, 4.69) is 27.7 Å². The summed E-state index contributed by atoms with van der Waals surface area (Å²) in [6.45, 7) is 4.66. The summed E-state index contributed by atoms with van der Waals surface area (Å²) in [5.41, 5.74) is 3.22. The molecule has 1 saturated carbocycles. The number of hydrogen-bond donors (Lipinski definition) is 2. The Kier molecular flexibility index (Phi) is 5.56. The van der Waals surface area contributed by atoms with Crippen LogP contribution in [0.5, 0.6) is 0 Å². The first-order valence-corrected chi connectivity index (χ1v) is 10.6. The second-order valence-electron chi connectivity index (χ2n) is 8.30. The minimum Gasteiger partial charge on any atom is -0.372 e. The van der Waals surface area contributed by atoms with Gasteiger partial charge in [0.05, 0.1) is 0 Å². The van der Waals surface area contributed by atoms with Crippen molar-refractivity contribution in [3.8, 4) is 0 Å². The second kappa shape index (κ2) is 8.27. The number of aryl methyl sites for hydroxylation is 1. The van der Waals surface area contributed by atoms with Crippen molar-refractivity contribution in [2.24, 2.45) is 5.41 Å². The van der Waals surface area contributed by atoms with E-state index >= 15 is 0 Å². The predicted molar refractivity (Wildman–Crippen MR) is 116 cm³/mol. The molecule has 29 heavy (non-hydrogen) atoms. The van der Waals surface area contributed by atoms with Gasteiger partial charge in [0.15, 0.2) is 0 Å². The number of piperidine rings is 1. The molecule has 2 aromatic rings. The Hall–Kier alpha value is -2.82. The molecule has 2 N–H and O–H groups in total. The van der Waals surface area contributed by atoms with E-state index in [0.717, 1.165) is 29.9 Å². The highest BCUT2D eigenvalue weighted by molar-refractivity contribution is 6.13. The molecule has 152 valence electrons. The predicted octanol–water partition coefficient (Wildman–Crippen LogP) is 4.02. The van der Waals surface area contributed by atoms with Gasteiger partial charge in [0.1, 0.15) is 5.41 Å². The number of nitrogens with one attached hydrogen (secondary N) is 2. The van der Waals surface area contributed by atoms with Crippen LogP contribution in [0.25, 0.3) is 0 Å². The summed E-state index contributed by atoms with van der Waals surface area (Å²) in [5.74, 6) is -0.383. The van der Waals surface area contributed by atoms with Crippen LogP contribution in [0, 0.1) is 12.3 Å². The van der Waals surface area contributed by atoms with Crippen molar-refractivity contribution >= 4 is 23.2 Å². The maximum Gasteiger partial charge on any atom is 0.240 e. The van der Waals surface area contributed by atoms with Crippen LogP contribution in [0.15, 0.2) is 48.5 Å². The molecular formula is C24H29N3O2. The maximum atomic E-state index is 12.8. The molecule has 4 rings (SSSR count). The van der Waals surface area contributed by atoms with Crippen LogP contribution < -0.4 is 15.5 Å². The zero-order valence-corrected chi connectivity index (χ0v) is 17.0. The van der Waals surface area contributed by atoms with E-state index in [9.17, 15) is 9.59 Å². The molecule has 1 aliphatic carbocycles. The van der Waals surface area contributed by atoms with Crippen LogP contribution in [0.4, 0.5) is 11.4 Å². The summed E-state index contributed by atoms with van der Waals surface area (Å²) in [6, 6.07) is 16.0. The topological polar surface area (TPSA) is 61.4 Å². The summed E-state index contributed by atoms with van der Waals surface area (Å²) < 4.78 is 0. The first kappa shape index (κ1) is 19.5. The van der Waals surface area contributed by atoms with Crippen molar-refractivity contribution in [3.63, 3.8) is 0 Å². The molecule has 5 nitrogen and oxygen atoms in total. The molecule has 0 bridgehead atoms. The van der Waals surface area contributed by atoms with Gasteiger partial charge in [-0.3, -0.25) is 9.59 Å². The van der Waals surface area contributed by atoms with Crippen LogP contribution in [0.1, 0.15) is 43.2 Å².